The summed E-state index contributed by atoms with van der Waals surface area (Å²) in [5.41, 5.74) is 2.13. The number of aromatic carboxylic acids is 2. The van der Waals surface area contributed by atoms with E-state index in [0.29, 0.717) is 0 Å². The Hall–Kier alpha value is -2.93. The molecule has 2 aromatic carbocycles. The number of carboxylic acid groups (broad SMARTS) is 2. The fraction of sp³-hybridized carbons (Fsp3) is 0. The van der Waals surface area contributed by atoms with Gasteiger partial charge in [-0.05, 0) is 48.5 Å². The van der Waals surface area contributed by atoms with Gasteiger partial charge < -0.3 is 27.2 Å². The van der Waals surface area contributed by atoms with E-state index in [9.17, 15) is 9.59 Å². The number of aromatic nitrogens is 2. The van der Waals surface area contributed by atoms with Crippen molar-refractivity contribution in [2.24, 2.45) is 0 Å². The lowest BCUT2D eigenvalue weighted by Crippen LogP contribution is -3.00. The lowest BCUT2D eigenvalue weighted by atomic mass is 10.2. The smallest absolute Gasteiger partial charge is 0.335 e. The number of carbonyl (C=O) groups is 2. The third kappa shape index (κ3) is 3.52. The van der Waals surface area contributed by atoms with E-state index in [2.05, 4.69) is 0 Å². The summed E-state index contributed by atoms with van der Waals surface area (Å²) in [5, 5.41) is 17.8. The summed E-state index contributed by atoms with van der Waals surface area (Å²) in [6, 6.07) is 13.1. The highest BCUT2D eigenvalue weighted by Crippen LogP contribution is 2.10. The van der Waals surface area contributed by atoms with Crippen molar-refractivity contribution in [2.45, 2.75) is 0 Å². The minimum Gasteiger partial charge on any atom is -1.00 e. The van der Waals surface area contributed by atoms with Crippen LogP contribution in [0.1, 0.15) is 20.7 Å². The standard InChI is InChI=1S/C17H12N2O4.BrH/c20-16(21)12-1-5-14(6-2-12)18-9-10-19(11-18)15-7-3-13(4-8-15)17(22)23;/h1-11H,(H-,20,21,22,23);1H. The molecule has 122 valence electrons. The van der Waals surface area contributed by atoms with Gasteiger partial charge in [0.25, 0.3) is 6.33 Å². The Morgan fingerprint density at radius 3 is 1.83 bits per heavy atom. The average molecular weight is 389 g/mol. The molecule has 0 saturated heterocycles. The van der Waals surface area contributed by atoms with Crippen LogP contribution in [0, 0.1) is 0 Å². The summed E-state index contributed by atoms with van der Waals surface area (Å²) in [4.78, 5) is 21.7. The third-order valence-electron chi connectivity index (χ3n) is 3.46. The number of benzene rings is 2. The SMILES string of the molecule is O=C(O)c1ccc(-n2cc[n+](-c3ccc(C(=O)O)cc3)c2)cc1.[Br-]. The van der Waals surface area contributed by atoms with Crippen LogP contribution in [0.3, 0.4) is 0 Å². The van der Waals surface area contributed by atoms with Crippen molar-refractivity contribution in [3.63, 3.8) is 0 Å². The molecule has 0 atom stereocenters. The highest BCUT2D eigenvalue weighted by atomic mass is 79.9. The molecule has 24 heavy (non-hydrogen) atoms. The Bertz CT molecular complexity index is 798. The first-order chi connectivity index (χ1) is 11.0. The van der Waals surface area contributed by atoms with E-state index in [1.54, 1.807) is 48.5 Å². The molecule has 3 rings (SSSR count). The summed E-state index contributed by atoms with van der Waals surface area (Å²) in [5.74, 6) is -1.92. The van der Waals surface area contributed by atoms with Crippen LogP contribution in [0.4, 0.5) is 0 Å². The second kappa shape index (κ2) is 7.10. The van der Waals surface area contributed by atoms with Crippen molar-refractivity contribution < 1.29 is 41.4 Å². The lowest BCUT2D eigenvalue weighted by Gasteiger charge is -1.98. The van der Waals surface area contributed by atoms with Gasteiger partial charge in [0.15, 0.2) is 0 Å². The van der Waals surface area contributed by atoms with Gasteiger partial charge in [-0.2, -0.15) is 0 Å². The van der Waals surface area contributed by atoms with Gasteiger partial charge in [-0.25, -0.2) is 18.7 Å². The first kappa shape index (κ1) is 17.4. The normalized spacial score (nSPS) is 10.0. The number of hydrogen-bond donors (Lipinski definition) is 2. The van der Waals surface area contributed by atoms with Crippen molar-refractivity contribution in [1.82, 2.24) is 4.57 Å². The number of hydrogen-bond acceptors (Lipinski definition) is 2. The number of imidazole rings is 1. The van der Waals surface area contributed by atoms with Crippen molar-refractivity contribution in [2.75, 3.05) is 0 Å². The first-order valence-corrected chi connectivity index (χ1v) is 6.81. The van der Waals surface area contributed by atoms with Gasteiger partial charge in [-0.3, -0.25) is 0 Å². The predicted octanol–water partition coefficient (Wildman–Crippen LogP) is -0.846. The summed E-state index contributed by atoms with van der Waals surface area (Å²) >= 11 is 0. The van der Waals surface area contributed by atoms with E-state index in [0.717, 1.165) is 11.4 Å². The quantitative estimate of drug-likeness (QED) is 0.570. The van der Waals surface area contributed by atoms with Gasteiger partial charge in [-0.1, -0.05) is 0 Å². The molecule has 3 aromatic rings. The van der Waals surface area contributed by atoms with Crippen molar-refractivity contribution >= 4 is 11.9 Å². The molecule has 2 N–H and O–H groups in total. The zero-order valence-corrected chi connectivity index (χ0v) is 13.9. The van der Waals surface area contributed by atoms with Gasteiger partial charge in [0.05, 0.1) is 11.1 Å². The van der Waals surface area contributed by atoms with E-state index >= 15 is 0 Å². The molecule has 0 spiro atoms. The molecule has 0 bridgehead atoms. The van der Waals surface area contributed by atoms with E-state index in [1.165, 1.54) is 0 Å². The maximum atomic E-state index is 10.9. The van der Waals surface area contributed by atoms with Gasteiger partial charge in [-0.15, -0.1) is 0 Å². The van der Waals surface area contributed by atoms with E-state index in [1.807, 2.05) is 27.9 Å². The number of rotatable bonds is 4. The van der Waals surface area contributed by atoms with Crippen LogP contribution >= 0.6 is 0 Å². The largest absolute Gasteiger partial charge is 1.00 e. The third-order valence-corrected chi connectivity index (χ3v) is 3.46. The van der Waals surface area contributed by atoms with Crippen LogP contribution in [0.2, 0.25) is 0 Å². The minimum atomic E-state index is -0.961. The fourth-order valence-corrected chi connectivity index (χ4v) is 2.21. The van der Waals surface area contributed by atoms with E-state index < -0.39 is 11.9 Å². The Balaban J connectivity index is 0.00000208. The molecule has 0 radical (unpaired) electrons. The van der Waals surface area contributed by atoms with E-state index in [4.69, 9.17) is 10.2 Å². The van der Waals surface area contributed by atoms with Crippen LogP contribution in [0.5, 0.6) is 0 Å². The molecule has 0 fully saturated rings. The zero-order chi connectivity index (χ0) is 16.4. The Labute approximate surface area is 148 Å². The lowest BCUT2D eigenvalue weighted by molar-refractivity contribution is -0.594. The Morgan fingerprint density at radius 2 is 1.33 bits per heavy atom. The highest BCUT2D eigenvalue weighted by molar-refractivity contribution is 5.88. The fourth-order valence-electron chi connectivity index (χ4n) is 2.21. The summed E-state index contributed by atoms with van der Waals surface area (Å²) < 4.78 is 3.69. The first-order valence-electron chi connectivity index (χ1n) is 6.81. The van der Waals surface area contributed by atoms with Crippen molar-refractivity contribution in [3.05, 3.63) is 78.4 Å². The monoisotopic (exact) mass is 388 g/mol. The predicted molar refractivity (Wildman–Crippen MR) is 81.2 cm³/mol. The Kier molecular flexibility index (Phi) is 5.15. The van der Waals surface area contributed by atoms with Crippen LogP contribution in [0.15, 0.2) is 67.3 Å². The summed E-state index contributed by atoms with van der Waals surface area (Å²) in [6.07, 6.45) is 5.49. The van der Waals surface area contributed by atoms with Crippen LogP contribution < -0.4 is 21.5 Å². The van der Waals surface area contributed by atoms with Crippen LogP contribution in [0.25, 0.3) is 11.4 Å². The van der Waals surface area contributed by atoms with Gasteiger partial charge in [0.1, 0.15) is 23.8 Å². The second-order valence-electron chi connectivity index (χ2n) is 4.93. The molecular formula is C17H13BrN2O4. The topological polar surface area (TPSA) is 83.4 Å². The molecular weight excluding hydrogens is 376 g/mol. The molecule has 0 saturated carbocycles. The van der Waals surface area contributed by atoms with Crippen molar-refractivity contribution in [3.8, 4) is 11.4 Å². The molecule has 0 aliphatic rings. The molecule has 0 amide bonds. The number of carboxylic acids is 2. The average Bonchev–Trinajstić information content (AvgIpc) is 3.05. The zero-order valence-electron chi connectivity index (χ0n) is 12.3. The van der Waals surface area contributed by atoms with Gasteiger partial charge in [0.2, 0.25) is 0 Å². The molecule has 6 nitrogen and oxygen atoms in total. The molecule has 7 heteroatoms. The maximum Gasteiger partial charge on any atom is 0.335 e. The number of halogens is 1. The van der Waals surface area contributed by atoms with E-state index in [-0.39, 0.29) is 28.1 Å². The van der Waals surface area contributed by atoms with Crippen molar-refractivity contribution in [1.29, 1.82) is 0 Å². The van der Waals surface area contributed by atoms with Gasteiger partial charge in [0, 0.05) is 0 Å². The van der Waals surface area contributed by atoms with Crippen LogP contribution in [-0.2, 0) is 0 Å². The Morgan fingerprint density at radius 1 is 0.833 bits per heavy atom. The molecule has 0 aliphatic heterocycles. The maximum absolute atomic E-state index is 10.9. The number of nitrogens with zero attached hydrogens (tertiary/aromatic N) is 2. The summed E-state index contributed by atoms with van der Waals surface area (Å²) in [6.45, 7) is 0. The van der Waals surface area contributed by atoms with Gasteiger partial charge >= 0.3 is 11.9 Å². The summed E-state index contributed by atoms with van der Waals surface area (Å²) in [7, 11) is 0. The molecule has 0 aliphatic carbocycles. The van der Waals surface area contributed by atoms with Crippen LogP contribution in [-0.4, -0.2) is 26.7 Å². The second-order valence-corrected chi connectivity index (χ2v) is 4.93. The minimum absolute atomic E-state index is 0. The highest BCUT2D eigenvalue weighted by Gasteiger charge is 2.11. The molecule has 0 unspecified atom stereocenters. The molecule has 1 heterocycles. The molecule has 1 aromatic heterocycles.